The highest BCUT2D eigenvalue weighted by Gasteiger charge is 2.16. The topological polar surface area (TPSA) is 40.5 Å². The number of benzene rings is 1. The van der Waals surface area contributed by atoms with Crippen LogP contribution in [0.15, 0.2) is 24.3 Å². The van der Waals surface area contributed by atoms with E-state index in [4.69, 9.17) is 5.11 Å². The van der Waals surface area contributed by atoms with Crippen LogP contribution in [0.1, 0.15) is 32.8 Å². The number of anilines is 1. The lowest BCUT2D eigenvalue weighted by Gasteiger charge is -2.29. The summed E-state index contributed by atoms with van der Waals surface area (Å²) in [5, 5.41) is 8.70. The Morgan fingerprint density at radius 1 is 1.40 bits per heavy atom. The molecule has 0 saturated carbocycles. The first kappa shape index (κ1) is 16.2. The second-order valence-corrected chi connectivity index (χ2v) is 5.43. The molecular weight excluding hydrogens is 257 g/mol. The fourth-order valence-electron chi connectivity index (χ4n) is 2.23. The summed E-state index contributed by atoms with van der Waals surface area (Å²) in [6.07, 6.45) is 3.25. The van der Waals surface area contributed by atoms with E-state index in [1.165, 1.54) is 12.1 Å². The van der Waals surface area contributed by atoms with E-state index in [2.05, 4.69) is 20.8 Å². The third-order valence-corrected chi connectivity index (χ3v) is 3.28. The highest BCUT2D eigenvalue weighted by molar-refractivity contribution is 5.87. The largest absolute Gasteiger partial charge is 0.478 e. The van der Waals surface area contributed by atoms with Crippen molar-refractivity contribution in [1.29, 1.82) is 0 Å². The van der Waals surface area contributed by atoms with E-state index in [0.717, 1.165) is 12.5 Å². The summed E-state index contributed by atoms with van der Waals surface area (Å²) >= 11 is 0. The van der Waals surface area contributed by atoms with Crippen molar-refractivity contribution in [2.45, 2.75) is 33.2 Å². The number of aliphatic carboxylic acids is 1. The van der Waals surface area contributed by atoms with E-state index in [0.29, 0.717) is 17.2 Å². The van der Waals surface area contributed by atoms with E-state index < -0.39 is 11.8 Å². The summed E-state index contributed by atoms with van der Waals surface area (Å²) < 4.78 is 13.9. The summed E-state index contributed by atoms with van der Waals surface area (Å²) in [5.41, 5.74) is 1.02. The van der Waals surface area contributed by atoms with E-state index in [-0.39, 0.29) is 6.04 Å². The number of hydrogen-bond donors (Lipinski definition) is 1. The number of carboxylic acid groups (broad SMARTS) is 1. The highest BCUT2D eigenvalue weighted by Crippen LogP contribution is 2.26. The molecule has 1 aromatic carbocycles. The van der Waals surface area contributed by atoms with Gasteiger partial charge < -0.3 is 10.0 Å². The lowest BCUT2D eigenvalue weighted by molar-refractivity contribution is -0.131. The van der Waals surface area contributed by atoms with Gasteiger partial charge in [-0.05, 0) is 37.5 Å². The molecule has 110 valence electrons. The highest BCUT2D eigenvalue weighted by atomic mass is 19.1. The van der Waals surface area contributed by atoms with Crippen molar-refractivity contribution >= 4 is 17.7 Å². The van der Waals surface area contributed by atoms with Crippen LogP contribution in [0.5, 0.6) is 0 Å². The van der Waals surface area contributed by atoms with E-state index in [1.54, 1.807) is 12.1 Å². The van der Waals surface area contributed by atoms with Crippen LogP contribution < -0.4 is 4.90 Å². The average molecular weight is 279 g/mol. The predicted octanol–water partition coefficient (Wildman–Crippen LogP) is 3.79. The van der Waals surface area contributed by atoms with Crippen molar-refractivity contribution in [2.75, 3.05) is 11.9 Å². The minimum Gasteiger partial charge on any atom is -0.478 e. The van der Waals surface area contributed by atoms with Gasteiger partial charge in [0.05, 0.1) is 0 Å². The molecule has 0 heterocycles. The fourth-order valence-corrected chi connectivity index (χ4v) is 2.23. The number of rotatable bonds is 6. The van der Waals surface area contributed by atoms with Crippen LogP contribution in [-0.2, 0) is 4.79 Å². The molecule has 1 rings (SSSR count). The molecule has 0 aliphatic rings. The molecule has 1 N–H and O–H groups in total. The van der Waals surface area contributed by atoms with Crippen LogP contribution in [0.2, 0.25) is 0 Å². The normalized spacial score (nSPS) is 12.9. The van der Waals surface area contributed by atoms with Gasteiger partial charge in [-0.3, -0.25) is 0 Å². The third kappa shape index (κ3) is 4.37. The molecule has 0 fully saturated rings. The maximum absolute atomic E-state index is 13.9. The van der Waals surface area contributed by atoms with Crippen LogP contribution in [0.4, 0.5) is 10.1 Å². The lowest BCUT2D eigenvalue weighted by atomic mass is 10.0. The Morgan fingerprint density at radius 2 is 2.05 bits per heavy atom. The van der Waals surface area contributed by atoms with Gasteiger partial charge in [0.25, 0.3) is 0 Å². The summed E-state index contributed by atoms with van der Waals surface area (Å²) in [5.74, 6) is -0.959. The Balaban J connectivity index is 3.10. The van der Waals surface area contributed by atoms with Gasteiger partial charge in [-0.1, -0.05) is 19.9 Å². The molecule has 1 unspecified atom stereocenters. The van der Waals surface area contributed by atoms with Crippen molar-refractivity contribution in [1.82, 2.24) is 0 Å². The van der Waals surface area contributed by atoms with Crippen molar-refractivity contribution in [3.05, 3.63) is 35.7 Å². The number of nitrogens with zero attached hydrogens (tertiary/aromatic N) is 1. The Hall–Kier alpha value is -1.84. The van der Waals surface area contributed by atoms with Crippen LogP contribution in [0.25, 0.3) is 6.08 Å². The zero-order chi connectivity index (χ0) is 15.3. The van der Waals surface area contributed by atoms with Gasteiger partial charge in [-0.2, -0.15) is 0 Å². The average Bonchev–Trinajstić information content (AvgIpc) is 2.35. The van der Waals surface area contributed by atoms with Crippen LogP contribution >= 0.6 is 0 Å². The minimum absolute atomic E-state index is 0.244. The third-order valence-electron chi connectivity index (χ3n) is 3.28. The first-order valence-electron chi connectivity index (χ1n) is 6.75. The van der Waals surface area contributed by atoms with Crippen LogP contribution in [-0.4, -0.2) is 24.2 Å². The second kappa shape index (κ2) is 7.08. The molecular formula is C16H22FNO2. The molecule has 0 saturated heterocycles. The lowest BCUT2D eigenvalue weighted by Crippen LogP contribution is -2.30. The summed E-state index contributed by atoms with van der Waals surface area (Å²) in [7, 11) is 1.90. The molecule has 3 nitrogen and oxygen atoms in total. The second-order valence-electron chi connectivity index (χ2n) is 5.43. The van der Waals surface area contributed by atoms with E-state index in [9.17, 15) is 9.18 Å². The molecule has 1 atom stereocenters. The van der Waals surface area contributed by atoms with Gasteiger partial charge in [0, 0.05) is 30.4 Å². The zero-order valence-electron chi connectivity index (χ0n) is 12.4. The summed E-state index contributed by atoms with van der Waals surface area (Å²) in [4.78, 5) is 12.6. The SMILES string of the molecule is CC(C)CC(C)N(C)c1cccc(F)c1/C=C/C(=O)O. The first-order valence-corrected chi connectivity index (χ1v) is 6.75. The predicted molar refractivity (Wildman–Crippen MR) is 80.4 cm³/mol. The number of hydrogen-bond acceptors (Lipinski definition) is 2. The molecule has 0 aromatic heterocycles. The molecule has 20 heavy (non-hydrogen) atoms. The molecule has 4 heteroatoms. The Labute approximate surface area is 119 Å². The monoisotopic (exact) mass is 279 g/mol. The minimum atomic E-state index is -1.09. The van der Waals surface area contributed by atoms with Gasteiger partial charge in [0.2, 0.25) is 0 Å². The van der Waals surface area contributed by atoms with Crippen molar-refractivity contribution in [2.24, 2.45) is 5.92 Å². The van der Waals surface area contributed by atoms with Crippen LogP contribution in [0.3, 0.4) is 0 Å². The fraction of sp³-hybridized carbons (Fsp3) is 0.438. The molecule has 0 aliphatic heterocycles. The van der Waals surface area contributed by atoms with Gasteiger partial charge in [-0.25, -0.2) is 9.18 Å². The van der Waals surface area contributed by atoms with Gasteiger partial charge in [0.15, 0.2) is 0 Å². The summed E-state index contributed by atoms with van der Waals surface area (Å²) in [6, 6.07) is 5.03. The van der Waals surface area contributed by atoms with Crippen molar-refractivity contribution in [3.8, 4) is 0 Å². The van der Waals surface area contributed by atoms with Crippen LogP contribution in [0, 0.1) is 11.7 Å². The van der Waals surface area contributed by atoms with Gasteiger partial charge in [-0.15, -0.1) is 0 Å². The molecule has 0 amide bonds. The maximum Gasteiger partial charge on any atom is 0.328 e. The van der Waals surface area contributed by atoms with E-state index in [1.807, 2.05) is 11.9 Å². The first-order chi connectivity index (χ1) is 9.32. The standard InChI is InChI=1S/C16H22FNO2/c1-11(2)10-12(3)18(4)15-7-5-6-14(17)13(15)8-9-16(19)20/h5-9,11-12H,10H2,1-4H3,(H,19,20)/b9-8+. The Morgan fingerprint density at radius 3 is 2.60 bits per heavy atom. The smallest absolute Gasteiger partial charge is 0.328 e. The summed E-state index contributed by atoms with van der Waals surface area (Å²) in [6.45, 7) is 6.36. The zero-order valence-corrected chi connectivity index (χ0v) is 12.4. The number of halogens is 1. The molecule has 1 aromatic rings. The molecule has 0 spiro atoms. The molecule has 0 aliphatic carbocycles. The molecule has 0 radical (unpaired) electrons. The maximum atomic E-state index is 13.9. The van der Waals surface area contributed by atoms with E-state index >= 15 is 0 Å². The number of carboxylic acids is 1. The molecule has 0 bridgehead atoms. The van der Waals surface area contributed by atoms with Gasteiger partial charge >= 0.3 is 5.97 Å². The Kier molecular flexibility index (Phi) is 5.74. The quantitative estimate of drug-likeness (QED) is 0.805. The van der Waals surface area contributed by atoms with Crippen molar-refractivity contribution in [3.63, 3.8) is 0 Å². The number of carbonyl (C=O) groups is 1. The van der Waals surface area contributed by atoms with Gasteiger partial charge in [0.1, 0.15) is 5.82 Å². The van der Waals surface area contributed by atoms with Crippen molar-refractivity contribution < 1.29 is 14.3 Å². The Bertz CT molecular complexity index is 497.